The largest absolute Gasteiger partial charge is 0.490 e. The van der Waals surface area contributed by atoms with Gasteiger partial charge in [-0.2, -0.15) is 13.7 Å². The molecule has 1 aliphatic heterocycles. The minimum absolute atomic E-state index is 0.0218. The number of fused-ring (bicyclic) bond motifs is 1. The summed E-state index contributed by atoms with van der Waals surface area (Å²) in [5, 5.41) is 10.3. The Morgan fingerprint density at radius 3 is 2.43 bits per heavy atom. The van der Waals surface area contributed by atoms with Crippen LogP contribution in [0.5, 0.6) is 23.0 Å². The first-order chi connectivity index (χ1) is 20.2. The van der Waals surface area contributed by atoms with Crippen molar-refractivity contribution in [3.8, 4) is 29.1 Å². The Morgan fingerprint density at radius 1 is 0.929 bits per heavy atom. The first-order valence-electron chi connectivity index (χ1n) is 12.7. The molecule has 4 aromatic rings. The molecule has 0 radical (unpaired) electrons. The van der Waals surface area contributed by atoms with Gasteiger partial charge in [0.1, 0.15) is 34.6 Å². The van der Waals surface area contributed by atoms with Gasteiger partial charge in [-0.25, -0.2) is 0 Å². The molecule has 0 bridgehead atoms. The van der Waals surface area contributed by atoms with E-state index in [2.05, 4.69) is 6.07 Å². The summed E-state index contributed by atoms with van der Waals surface area (Å²) in [6, 6.07) is 25.7. The van der Waals surface area contributed by atoms with Crippen LogP contribution in [0.4, 0.5) is 0 Å². The average molecular weight is 624 g/mol. The Balaban J connectivity index is 1.47. The van der Waals surface area contributed by atoms with Gasteiger partial charge in [0, 0.05) is 11.6 Å². The molecule has 0 aliphatic carbocycles. The zero-order chi connectivity index (χ0) is 29.9. The third-order valence-corrected chi connectivity index (χ3v) is 8.40. The molecule has 0 amide bonds. The van der Waals surface area contributed by atoms with Crippen molar-refractivity contribution in [3.05, 3.63) is 123 Å². The Hall–Kier alpha value is -4.36. The van der Waals surface area contributed by atoms with Crippen LogP contribution in [-0.4, -0.2) is 15.0 Å². The smallest absolute Gasteiger partial charge is 0.339 e. The van der Waals surface area contributed by atoms with E-state index in [0.29, 0.717) is 35.8 Å². The van der Waals surface area contributed by atoms with Crippen LogP contribution < -0.4 is 24.1 Å². The lowest BCUT2D eigenvalue weighted by atomic mass is 9.83. The Bertz CT molecular complexity index is 1820. The number of ether oxygens (including phenoxy) is 3. The lowest BCUT2D eigenvalue weighted by Gasteiger charge is -2.27. The highest BCUT2D eigenvalue weighted by atomic mass is 35.5. The van der Waals surface area contributed by atoms with Gasteiger partial charge >= 0.3 is 10.1 Å². The SMILES string of the molecule is CCOc1cc(C2C(C#N)=C(N)Oc3cc(OS(=O)(=O)c4ccc(Cl)c(Cl)c4)ccc32)ccc1OCc1ccccc1. The molecule has 0 aromatic heterocycles. The topological polar surface area (TPSA) is 121 Å². The second kappa shape index (κ2) is 12.2. The second-order valence-corrected chi connectivity index (χ2v) is 11.5. The summed E-state index contributed by atoms with van der Waals surface area (Å²) in [7, 11) is -4.24. The predicted molar refractivity (Wildman–Crippen MR) is 158 cm³/mol. The van der Waals surface area contributed by atoms with Crippen LogP contribution >= 0.6 is 23.2 Å². The van der Waals surface area contributed by atoms with Crippen molar-refractivity contribution in [3.63, 3.8) is 0 Å². The number of hydrogen-bond acceptors (Lipinski definition) is 8. The van der Waals surface area contributed by atoms with Crippen molar-refractivity contribution in [1.29, 1.82) is 5.26 Å². The lowest BCUT2D eigenvalue weighted by Crippen LogP contribution is -2.21. The van der Waals surface area contributed by atoms with Crippen molar-refractivity contribution in [2.75, 3.05) is 6.61 Å². The molecule has 5 rings (SSSR count). The first-order valence-corrected chi connectivity index (χ1v) is 14.9. The number of nitriles is 1. The third-order valence-electron chi connectivity index (χ3n) is 6.41. The van der Waals surface area contributed by atoms with Gasteiger partial charge in [0.25, 0.3) is 0 Å². The molecule has 1 heterocycles. The number of benzene rings is 4. The first kappa shape index (κ1) is 29.1. The van der Waals surface area contributed by atoms with E-state index in [4.69, 9.17) is 47.3 Å². The van der Waals surface area contributed by atoms with Crippen LogP contribution in [0.25, 0.3) is 0 Å². The molecular weight excluding hydrogens is 599 g/mol. The molecule has 4 aromatic carbocycles. The minimum Gasteiger partial charge on any atom is -0.490 e. The molecule has 1 unspecified atom stereocenters. The van der Waals surface area contributed by atoms with E-state index < -0.39 is 16.0 Å². The van der Waals surface area contributed by atoms with Crippen LogP contribution in [0.2, 0.25) is 10.0 Å². The second-order valence-electron chi connectivity index (χ2n) is 9.15. The molecule has 8 nitrogen and oxygen atoms in total. The summed E-state index contributed by atoms with van der Waals surface area (Å²) in [6.07, 6.45) is 0. The maximum atomic E-state index is 12.9. The minimum atomic E-state index is -4.24. The van der Waals surface area contributed by atoms with Gasteiger partial charge in [-0.15, -0.1) is 0 Å². The molecule has 11 heteroatoms. The summed E-state index contributed by atoms with van der Waals surface area (Å²) in [5.41, 5.74) is 8.65. The average Bonchev–Trinajstić information content (AvgIpc) is 2.97. The van der Waals surface area contributed by atoms with Gasteiger partial charge in [0.2, 0.25) is 5.88 Å². The zero-order valence-corrected chi connectivity index (χ0v) is 24.5. The van der Waals surface area contributed by atoms with Crippen molar-refractivity contribution in [1.82, 2.24) is 0 Å². The quantitative estimate of drug-likeness (QED) is 0.199. The molecule has 2 N–H and O–H groups in total. The number of nitrogens with two attached hydrogens (primary N) is 1. The highest BCUT2D eigenvalue weighted by Gasteiger charge is 2.32. The van der Waals surface area contributed by atoms with E-state index in [1.54, 1.807) is 18.2 Å². The highest BCUT2D eigenvalue weighted by molar-refractivity contribution is 7.87. The van der Waals surface area contributed by atoms with Crippen molar-refractivity contribution < 1.29 is 26.8 Å². The number of nitrogens with zero attached hydrogens (tertiary/aromatic N) is 1. The van der Waals surface area contributed by atoms with Gasteiger partial charge in [0.05, 0.1) is 22.6 Å². The van der Waals surface area contributed by atoms with E-state index in [-0.39, 0.29) is 37.9 Å². The highest BCUT2D eigenvalue weighted by Crippen LogP contribution is 2.45. The van der Waals surface area contributed by atoms with Crippen LogP contribution in [-0.2, 0) is 16.7 Å². The number of halogens is 2. The van der Waals surface area contributed by atoms with Crippen LogP contribution in [0.3, 0.4) is 0 Å². The maximum Gasteiger partial charge on any atom is 0.339 e. The summed E-state index contributed by atoms with van der Waals surface area (Å²) in [5.74, 6) is 0.529. The zero-order valence-electron chi connectivity index (χ0n) is 22.2. The summed E-state index contributed by atoms with van der Waals surface area (Å²) < 4.78 is 48.8. The monoisotopic (exact) mass is 622 g/mol. The van der Waals surface area contributed by atoms with E-state index in [1.807, 2.05) is 43.3 Å². The number of allylic oxidation sites excluding steroid dienone is 1. The van der Waals surface area contributed by atoms with Crippen LogP contribution in [0.15, 0.2) is 101 Å². The maximum absolute atomic E-state index is 12.9. The van der Waals surface area contributed by atoms with Gasteiger partial charge < -0.3 is 24.1 Å². The standard InChI is InChI=1S/C31H24Cl2N2O6S/c1-2-38-29-14-20(8-13-27(29)39-18-19-6-4-3-5-7-19)30-23-11-9-21(15-28(23)40-31(35)24(30)17-34)41-42(36,37)22-10-12-25(32)26(33)16-22/h3-16,30H,2,18,35H2,1H3. The normalized spacial score (nSPS) is 14.4. The molecule has 1 aliphatic rings. The van der Waals surface area contributed by atoms with Gasteiger partial charge in [0.15, 0.2) is 11.5 Å². The van der Waals surface area contributed by atoms with Crippen LogP contribution in [0.1, 0.15) is 29.5 Å². The Kier molecular flexibility index (Phi) is 8.50. The van der Waals surface area contributed by atoms with E-state index in [1.165, 1.54) is 30.3 Å². The predicted octanol–water partition coefficient (Wildman–Crippen LogP) is 6.96. The van der Waals surface area contributed by atoms with E-state index >= 15 is 0 Å². The lowest BCUT2D eigenvalue weighted by molar-refractivity contribution is 0.269. The summed E-state index contributed by atoms with van der Waals surface area (Å²) in [6.45, 7) is 2.61. The molecule has 0 spiro atoms. The summed E-state index contributed by atoms with van der Waals surface area (Å²) in [4.78, 5) is -0.169. The molecule has 0 fully saturated rings. The van der Waals surface area contributed by atoms with Crippen molar-refractivity contribution in [2.24, 2.45) is 5.73 Å². The molecule has 42 heavy (non-hydrogen) atoms. The number of rotatable bonds is 9. The molecular formula is C31H24Cl2N2O6S. The van der Waals surface area contributed by atoms with Crippen molar-refractivity contribution >= 4 is 33.3 Å². The molecule has 0 saturated heterocycles. The Morgan fingerprint density at radius 2 is 1.71 bits per heavy atom. The fourth-order valence-electron chi connectivity index (χ4n) is 4.46. The fourth-order valence-corrected chi connectivity index (χ4v) is 5.78. The molecule has 0 saturated carbocycles. The van der Waals surface area contributed by atoms with Crippen LogP contribution in [0, 0.1) is 11.3 Å². The van der Waals surface area contributed by atoms with Crippen molar-refractivity contribution in [2.45, 2.75) is 24.3 Å². The van der Waals surface area contributed by atoms with E-state index in [9.17, 15) is 13.7 Å². The molecule has 1 atom stereocenters. The summed E-state index contributed by atoms with van der Waals surface area (Å²) >= 11 is 11.9. The van der Waals surface area contributed by atoms with Gasteiger partial charge in [-0.1, -0.05) is 65.7 Å². The fraction of sp³-hybridized carbons (Fsp3) is 0.129. The van der Waals surface area contributed by atoms with Gasteiger partial charge in [-0.05, 0) is 54.4 Å². The Labute approximate surface area is 253 Å². The number of hydrogen-bond donors (Lipinski definition) is 1. The third kappa shape index (κ3) is 6.11. The van der Waals surface area contributed by atoms with Gasteiger partial charge in [-0.3, -0.25) is 0 Å². The molecule has 214 valence electrons. The van der Waals surface area contributed by atoms with E-state index in [0.717, 1.165) is 5.56 Å².